The van der Waals surface area contributed by atoms with Crippen LogP contribution in [-0.4, -0.2) is 52.9 Å². The number of benzene rings is 2. The number of hydrogen-bond acceptors (Lipinski definition) is 4. The van der Waals surface area contributed by atoms with Crippen molar-refractivity contribution in [1.29, 1.82) is 0 Å². The Balaban J connectivity index is 1.36. The topological polar surface area (TPSA) is 48.5 Å². The molecule has 1 atom stereocenters. The first-order chi connectivity index (χ1) is 15.3. The molecule has 160 valence electrons. The standard InChI is InChI=1S/C26H30N4O/c31-26(30-17-15-29(16-18-30)21-23-11-5-2-6-12-23)25(19-22-9-3-1-4-10-22)28-20-24-13-7-8-14-27-24/h1-14,25,28H,15-21H2/t25-/m0/s1. The molecule has 1 N–H and O–H groups in total. The van der Waals surface area contributed by atoms with Crippen molar-refractivity contribution in [1.82, 2.24) is 20.1 Å². The molecular weight excluding hydrogens is 384 g/mol. The van der Waals surface area contributed by atoms with Gasteiger partial charge in [0.2, 0.25) is 5.91 Å². The van der Waals surface area contributed by atoms with Gasteiger partial charge in [0.05, 0.1) is 11.7 Å². The van der Waals surface area contributed by atoms with Crippen molar-refractivity contribution in [2.24, 2.45) is 0 Å². The minimum atomic E-state index is -0.259. The fourth-order valence-corrected chi connectivity index (χ4v) is 4.02. The Hall–Kier alpha value is -3.02. The van der Waals surface area contributed by atoms with Gasteiger partial charge in [-0.05, 0) is 29.7 Å². The van der Waals surface area contributed by atoms with Crippen molar-refractivity contribution in [2.45, 2.75) is 25.6 Å². The molecule has 1 aliphatic heterocycles. The number of amides is 1. The molecule has 0 unspecified atom stereocenters. The van der Waals surface area contributed by atoms with Crippen molar-refractivity contribution in [3.8, 4) is 0 Å². The second-order valence-electron chi connectivity index (χ2n) is 8.03. The van der Waals surface area contributed by atoms with Gasteiger partial charge in [-0.15, -0.1) is 0 Å². The highest BCUT2D eigenvalue weighted by atomic mass is 16.2. The summed E-state index contributed by atoms with van der Waals surface area (Å²) in [6.07, 6.45) is 2.47. The average molecular weight is 415 g/mol. The summed E-state index contributed by atoms with van der Waals surface area (Å²) in [7, 11) is 0. The van der Waals surface area contributed by atoms with Crippen molar-refractivity contribution in [3.05, 3.63) is 102 Å². The highest BCUT2D eigenvalue weighted by molar-refractivity contribution is 5.82. The maximum Gasteiger partial charge on any atom is 0.240 e. The van der Waals surface area contributed by atoms with Crippen LogP contribution in [0.3, 0.4) is 0 Å². The molecule has 2 aromatic carbocycles. The summed E-state index contributed by atoms with van der Waals surface area (Å²) in [4.78, 5) is 22.2. The van der Waals surface area contributed by atoms with E-state index in [1.807, 2.05) is 47.4 Å². The normalized spacial score (nSPS) is 15.5. The molecule has 0 spiro atoms. The zero-order chi connectivity index (χ0) is 21.3. The lowest BCUT2D eigenvalue weighted by Crippen LogP contribution is -2.54. The fourth-order valence-electron chi connectivity index (χ4n) is 4.02. The number of pyridine rings is 1. The van der Waals surface area contributed by atoms with E-state index in [9.17, 15) is 4.79 Å². The summed E-state index contributed by atoms with van der Waals surface area (Å²) in [5, 5.41) is 3.47. The van der Waals surface area contributed by atoms with E-state index in [0.717, 1.165) is 44.0 Å². The van der Waals surface area contributed by atoms with Crippen LogP contribution in [0.1, 0.15) is 16.8 Å². The molecule has 1 fully saturated rings. The predicted molar refractivity (Wildman–Crippen MR) is 123 cm³/mol. The number of nitrogens with one attached hydrogen (secondary N) is 1. The summed E-state index contributed by atoms with van der Waals surface area (Å²) in [5.41, 5.74) is 3.43. The van der Waals surface area contributed by atoms with Crippen molar-refractivity contribution >= 4 is 5.91 Å². The molecule has 2 heterocycles. The second kappa shape index (κ2) is 10.8. The van der Waals surface area contributed by atoms with Crippen LogP contribution in [-0.2, 0) is 24.3 Å². The van der Waals surface area contributed by atoms with Gasteiger partial charge in [0, 0.05) is 45.5 Å². The number of hydrogen-bond donors (Lipinski definition) is 1. The zero-order valence-electron chi connectivity index (χ0n) is 17.9. The highest BCUT2D eigenvalue weighted by Gasteiger charge is 2.27. The summed E-state index contributed by atoms with van der Waals surface area (Å²) in [6.45, 7) is 4.86. The molecule has 0 bridgehead atoms. The number of carbonyl (C=O) groups excluding carboxylic acids is 1. The molecule has 1 saturated heterocycles. The first kappa shape index (κ1) is 21.2. The number of carbonyl (C=O) groups is 1. The molecule has 4 rings (SSSR count). The van der Waals surface area contributed by atoms with E-state index >= 15 is 0 Å². The van der Waals surface area contributed by atoms with Crippen molar-refractivity contribution < 1.29 is 4.79 Å². The second-order valence-corrected chi connectivity index (χ2v) is 8.03. The number of piperazine rings is 1. The van der Waals surface area contributed by atoms with Crippen LogP contribution in [0.2, 0.25) is 0 Å². The Morgan fingerprint density at radius 1 is 0.839 bits per heavy atom. The molecule has 0 radical (unpaired) electrons. The van der Waals surface area contributed by atoms with Crippen LogP contribution in [0.25, 0.3) is 0 Å². The number of rotatable bonds is 8. The Morgan fingerprint density at radius 3 is 2.13 bits per heavy atom. The molecule has 1 aliphatic rings. The Bertz CT molecular complexity index is 925. The lowest BCUT2D eigenvalue weighted by atomic mass is 10.0. The quantitative estimate of drug-likeness (QED) is 0.615. The minimum absolute atomic E-state index is 0.180. The van der Waals surface area contributed by atoms with E-state index in [4.69, 9.17) is 0 Å². The molecule has 3 aromatic rings. The first-order valence-electron chi connectivity index (χ1n) is 11.0. The monoisotopic (exact) mass is 414 g/mol. The lowest BCUT2D eigenvalue weighted by Gasteiger charge is -2.36. The maximum absolute atomic E-state index is 13.4. The van der Waals surface area contributed by atoms with E-state index in [2.05, 4.69) is 51.6 Å². The average Bonchev–Trinajstić information content (AvgIpc) is 2.84. The van der Waals surface area contributed by atoms with Gasteiger partial charge in [-0.3, -0.25) is 20.0 Å². The van der Waals surface area contributed by atoms with E-state index in [-0.39, 0.29) is 11.9 Å². The van der Waals surface area contributed by atoms with Gasteiger partial charge in [0.25, 0.3) is 0 Å². The maximum atomic E-state index is 13.4. The fraction of sp³-hybridized carbons (Fsp3) is 0.308. The SMILES string of the molecule is O=C([C@H](Cc1ccccc1)NCc1ccccn1)N1CCN(Cc2ccccc2)CC1. The number of aromatic nitrogens is 1. The van der Waals surface area contributed by atoms with Gasteiger partial charge in [0.15, 0.2) is 0 Å². The third kappa shape index (κ3) is 6.23. The third-order valence-corrected chi connectivity index (χ3v) is 5.77. The summed E-state index contributed by atoms with van der Waals surface area (Å²) < 4.78 is 0. The summed E-state index contributed by atoms with van der Waals surface area (Å²) in [5.74, 6) is 0.180. The lowest BCUT2D eigenvalue weighted by molar-refractivity contribution is -0.135. The van der Waals surface area contributed by atoms with Crippen molar-refractivity contribution in [3.63, 3.8) is 0 Å². The molecule has 0 aliphatic carbocycles. The zero-order valence-corrected chi connectivity index (χ0v) is 17.9. The minimum Gasteiger partial charge on any atom is -0.339 e. The van der Waals surface area contributed by atoms with Gasteiger partial charge in [0.1, 0.15) is 0 Å². The molecule has 0 saturated carbocycles. The molecular formula is C26H30N4O. The summed E-state index contributed by atoms with van der Waals surface area (Å²) >= 11 is 0. The highest BCUT2D eigenvalue weighted by Crippen LogP contribution is 2.12. The Labute approximate surface area is 184 Å². The van der Waals surface area contributed by atoms with Crippen LogP contribution in [0.4, 0.5) is 0 Å². The van der Waals surface area contributed by atoms with Crippen LogP contribution >= 0.6 is 0 Å². The smallest absolute Gasteiger partial charge is 0.240 e. The summed E-state index contributed by atoms with van der Waals surface area (Å²) in [6, 6.07) is 26.4. The van der Waals surface area contributed by atoms with Gasteiger partial charge in [-0.1, -0.05) is 66.7 Å². The largest absolute Gasteiger partial charge is 0.339 e. The molecule has 1 aromatic heterocycles. The van der Waals surface area contributed by atoms with E-state index in [0.29, 0.717) is 13.0 Å². The number of nitrogens with zero attached hydrogens (tertiary/aromatic N) is 3. The molecule has 1 amide bonds. The third-order valence-electron chi connectivity index (χ3n) is 5.77. The van der Waals surface area contributed by atoms with Crippen LogP contribution in [0, 0.1) is 0 Å². The van der Waals surface area contributed by atoms with Crippen molar-refractivity contribution in [2.75, 3.05) is 26.2 Å². The van der Waals surface area contributed by atoms with Gasteiger partial charge >= 0.3 is 0 Å². The van der Waals surface area contributed by atoms with Crippen LogP contribution in [0.5, 0.6) is 0 Å². The molecule has 5 nitrogen and oxygen atoms in total. The van der Waals surface area contributed by atoms with Gasteiger partial charge in [-0.2, -0.15) is 0 Å². The van der Waals surface area contributed by atoms with Crippen LogP contribution < -0.4 is 5.32 Å². The van der Waals surface area contributed by atoms with Gasteiger partial charge in [-0.25, -0.2) is 0 Å². The van der Waals surface area contributed by atoms with Gasteiger partial charge < -0.3 is 4.90 Å². The first-order valence-corrected chi connectivity index (χ1v) is 11.0. The molecule has 31 heavy (non-hydrogen) atoms. The predicted octanol–water partition coefficient (Wildman–Crippen LogP) is 3.13. The van der Waals surface area contributed by atoms with Crippen LogP contribution in [0.15, 0.2) is 85.1 Å². The van der Waals surface area contributed by atoms with E-state index < -0.39 is 0 Å². The van der Waals surface area contributed by atoms with E-state index in [1.165, 1.54) is 5.56 Å². The Kier molecular flexibility index (Phi) is 7.42. The molecule has 5 heteroatoms. The Morgan fingerprint density at radius 2 is 1.48 bits per heavy atom. The van der Waals surface area contributed by atoms with E-state index in [1.54, 1.807) is 6.20 Å².